The van der Waals surface area contributed by atoms with Crippen molar-refractivity contribution in [2.45, 2.75) is 12.8 Å². The summed E-state index contributed by atoms with van der Waals surface area (Å²) in [5.41, 5.74) is 0.975. The second kappa shape index (κ2) is 6.81. The van der Waals surface area contributed by atoms with E-state index in [1.54, 1.807) is 31.6 Å². The van der Waals surface area contributed by atoms with Gasteiger partial charge in [0, 0.05) is 49.8 Å². The van der Waals surface area contributed by atoms with Gasteiger partial charge in [-0.3, -0.25) is 15.1 Å². The van der Waals surface area contributed by atoms with Gasteiger partial charge >= 0.3 is 0 Å². The lowest BCUT2D eigenvalue weighted by Crippen LogP contribution is -2.04. The third kappa shape index (κ3) is 3.21. The Kier molecular flexibility index (Phi) is 4.84. The minimum Gasteiger partial charge on any atom is -0.385 e. The molecular weight excluding hydrogens is 258 g/mol. The van der Waals surface area contributed by atoms with E-state index in [-0.39, 0.29) is 10.6 Å². The van der Waals surface area contributed by atoms with E-state index in [1.807, 2.05) is 0 Å². The van der Waals surface area contributed by atoms with Crippen LogP contribution in [0, 0.1) is 10.1 Å². The van der Waals surface area contributed by atoms with Crippen molar-refractivity contribution in [3.63, 3.8) is 0 Å². The number of nitrogens with zero attached hydrogens (tertiary/aromatic N) is 2. The lowest BCUT2D eigenvalue weighted by atomic mass is 10.1. The van der Waals surface area contributed by atoms with Crippen LogP contribution in [0.2, 0.25) is 0 Å². The summed E-state index contributed by atoms with van der Waals surface area (Å²) in [7, 11) is 1.68. The predicted octanol–water partition coefficient (Wildman–Crippen LogP) is 2.98. The Balaban J connectivity index is 2.18. The van der Waals surface area contributed by atoms with E-state index in [0.29, 0.717) is 5.39 Å². The molecule has 0 amide bonds. The molecule has 0 fully saturated rings. The summed E-state index contributed by atoms with van der Waals surface area (Å²) in [5, 5.41) is 15.7. The molecule has 6 nitrogen and oxygen atoms in total. The van der Waals surface area contributed by atoms with Gasteiger partial charge in [0.25, 0.3) is 5.69 Å². The molecule has 20 heavy (non-hydrogen) atoms. The zero-order valence-corrected chi connectivity index (χ0v) is 11.3. The SMILES string of the molecule is COCCCCNc1ccc([N+](=O)[O-])c2ccncc12. The van der Waals surface area contributed by atoms with Crippen LogP contribution in [0.3, 0.4) is 0 Å². The van der Waals surface area contributed by atoms with Crippen LogP contribution >= 0.6 is 0 Å². The average Bonchev–Trinajstić information content (AvgIpc) is 2.46. The summed E-state index contributed by atoms with van der Waals surface area (Å²) in [6.07, 6.45) is 5.18. The van der Waals surface area contributed by atoms with Crippen molar-refractivity contribution in [3.8, 4) is 0 Å². The van der Waals surface area contributed by atoms with Gasteiger partial charge < -0.3 is 10.1 Å². The summed E-state index contributed by atoms with van der Waals surface area (Å²) in [5.74, 6) is 0. The van der Waals surface area contributed by atoms with Gasteiger partial charge in [0.1, 0.15) is 0 Å². The quantitative estimate of drug-likeness (QED) is 0.477. The van der Waals surface area contributed by atoms with Crippen LogP contribution in [-0.2, 0) is 4.74 Å². The maximum atomic E-state index is 11.0. The minimum atomic E-state index is -0.370. The number of nitro benzene ring substituents is 1. The zero-order chi connectivity index (χ0) is 14.4. The van der Waals surface area contributed by atoms with Crippen LogP contribution in [0.25, 0.3) is 10.8 Å². The van der Waals surface area contributed by atoms with Crippen molar-refractivity contribution in [1.29, 1.82) is 0 Å². The molecule has 2 rings (SSSR count). The highest BCUT2D eigenvalue weighted by Gasteiger charge is 2.13. The Morgan fingerprint density at radius 1 is 1.30 bits per heavy atom. The molecule has 0 aliphatic heterocycles. The third-order valence-electron chi connectivity index (χ3n) is 3.08. The molecule has 1 aromatic carbocycles. The van der Waals surface area contributed by atoms with E-state index in [4.69, 9.17) is 4.74 Å². The minimum absolute atomic E-state index is 0.104. The fraction of sp³-hybridized carbons (Fsp3) is 0.357. The Labute approximate surface area is 116 Å². The number of nitro groups is 1. The average molecular weight is 275 g/mol. The molecule has 2 aromatic rings. The largest absolute Gasteiger partial charge is 0.385 e. The molecule has 0 unspecified atom stereocenters. The molecular formula is C14H17N3O3. The van der Waals surface area contributed by atoms with E-state index in [2.05, 4.69) is 10.3 Å². The number of hydrogen-bond acceptors (Lipinski definition) is 5. The molecule has 1 heterocycles. The molecule has 6 heteroatoms. The molecule has 0 aliphatic rings. The van der Waals surface area contributed by atoms with Crippen LogP contribution in [0.1, 0.15) is 12.8 Å². The number of rotatable bonds is 7. The van der Waals surface area contributed by atoms with Gasteiger partial charge in [-0.05, 0) is 25.0 Å². The van der Waals surface area contributed by atoms with E-state index in [0.717, 1.165) is 37.1 Å². The molecule has 0 saturated heterocycles. The van der Waals surface area contributed by atoms with Gasteiger partial charge in [-0.2, -0.15) is 0 Å². The van der Waals surface area contributed by atoms with E-state index >= 15 is 0 Å². The Hall–Kier alpha value is -2.21. The number of unbranched alkanes of at least 4 members (excludes halogenated alkanes) is 1. The fourth-order valence-electron chi connectivity index (χ4n) is 2.08. The van der Waals surface area contributed by atoms with Gasteiger partial charge in [-0.1, -0.05) is 0 Å². The van der Waals surface area contributed by atoms with Gasteiger partial charge in [0.15, 0.2) is 0 Å². The zero-order valence-electron chi connectivity index (χ0n) is 11.3. The van der Waals surface area contributed by atoms with Gasteiger partial charge in [-0.15, -0.1) is 0 Å². The first-order valence-corrected chi connectivity index (χ1v) is 6.48. The first-order valence-electron chi connectivity index (χ1n) is 6.48. The second-order valence-electron chi connectivity index (χ2n) is 4.44. The van der Waals surface area contributed by atoms with E-state index in [1.165, 1.54) is 6.07 Å². The predicted molar refractivity (Wildman–Crippen MR) is 78.0 cm³/mol. The number of fused-ring (bicyclic) bond motifs is 1. The first kappa shape index (κ1) is 14.2. The molecule has 0 spiro atoms. The summed E-state index contributed by atoms with van der Waals surface area (Å²) in [4.78, 5) is 14.7. The Bertz CT molecular complexity index is 601. The Morgan fingerprint density at radius 3 is 2.90 bits per heavy atom. The van der Waals surface area contributed by atoms with Crippen molar-refractivity contribution in [3.05, 3.63) is 40.7 Å². The molecule has 0 atom stereocenters. The van der Waals surface area contributed by atoms with Crippen molar-refractivity contribution in [1.82, 2.24) is 4.98 Å². The summed E-state index contributed by atoms with van der Waals surface area (Å²) >= 11 is 0. The second-order valence-corrected chi connectivity index (χ2v) is 4.44. The number of nitrogens with one attached hydrogen (secondary N) is 1. The summed E-state index contributed by atoms with van der Waals surface area (Å²) in [6, 6.07) is 4.93. The van der Waals surface area contributed by atoms with Crippen molar-refractivity contribution < 1.29 is 9.66 Å². The van der Waals surface area contributed by atoms with E-state index < -0.39 is 0 Å². The normalized spacial score (nSPS) is 10.7. The van der Waals surface area contributed by atoms with Gasteiger partial charge in [-0.25, -0.2) is 0 Å². The van der Waals surface area contributed by atoms with Crippen LogP contribution in [0.15, 0.2) is 30.6 Å². The number of non-ortho nitro benzene ring substituents is 1. The molecule has 1 aromatic heterocycles. The highest BCUT2D eigenvalue weighted by atomic mass is 16.6. The lowest BCUT2D eigenvalue weighted by Gasteiger charge is -2.09. The molecule has 0 radical (unpaired) electrons. The number of ether oxygens (including phenoxy) is 1. The lowest BCUT2D eigenvalue weighted by molar-refractivity contribution is -0.383. The summed E-state index contributed by atoms with van der Waals surface area (Å²) < 4.78 is 4.99. The van der Waals surface area contributed by atoms with Crippen molar-refractivity contribution in [2.24, 2.45) is 0 Å². The Morgan fingerprint density at radius 2 is 2.15 bits per heavy atom. The number of pyridine rings is 1. The van der Waals surface area contributed by atoms with Gasteiger partial charge in [0.2, 0.25) is 0 Å². The molecule has 106 valence electrons. The van der Waals surface area contributed by atoms with Crippen molar-refractivity contribution >= 4 is 22.1 Å². The number of hydrogen-bond donors (Lipinski definition) is 1. The molecule has 1 N–H and O–H groups in total. The van der Waals surface area contributed by atoms with Crippen LogP contribution in [0.5, 0.6) is 0 Å². The fourth-order valence-corrected chi connectivity index (χ4v) is 2.08. The third-order valence-corrected chi connectivity index (χ3v) is 3.08. The highest BCUT2D eigenvalue weighted by Crippen LogP contribution is 2.30. The molecule has 0 aliphatic carbocycles. The maximum absolute atomic E-state index is 11.0. The van der Waals surface area contributed by atoms with Gasteiger partial charge in [0.05, 0.1) is 10.3 Å². The number of benzene rings is 1. The standard InChI is InChI=1S/C14H17N3O3/c1-20-9-3-2-7-16-13-4-5-14(17(18)19)11-6-8-15-10-12(11)13/h4-6,8,10,16H,2-3,7,9H2,1H3. The van der Waals surface area contributed by atoms with Crippen LogP contribution in [0.4, 0.5) is 11.4 Å². The van der Waals surface area contributed by atoms with Crippen LogP contribution in [-0.4, -0.2) is 30.2 Å². The molecule has 0 saturated carbocycles. The number of anilines is 1. The first-order chi connectivity index (χ1) is 9.74. The summed E-state index contributed by atoms with van der Waals surface area (Å²) in [6.45, 7) is 1.54. The number of aromatic nitrogens is 1. The van der Waals surface area contributed by atoms with E-state index in [9.17, 15) is 10.1 Å². The topological polar surface area (TPSA) is 77.3 Å². The number of methoxy groups -OCH3 is 1. The molecule has 0 bridgehead atoms. The monoisotopic (exact) mass is 275 g/mol. The highest BCUT2D eigenvalue weighted by molar-refractivity contribution is 5.99. The van der Waals surface area contributed by atoms with Crippen molar-refractivity contribution in [2.75, 3.05) is 25.6 Å². The smallest absolute Gasteiger partial charge is 0.277 e. The van der Waals surface area contributed by atoms with Crippen LogP contribution < -0.4 is 5.32 Å². The maximum Gasteiger partial charge on any atom is 0.277 e.